The van der Waals surface area contributed by atoms with Gasteiger partial charge in [-0.05, 0) is 43.2 Å². The Balaban J connectivity index is 2.25. The number of ether oxygens (including phenoxy) is 2. The number of phenols is 1. The smallest absolute Gasteiger partial charge is 0.412 e. The molecule has 0 radical (unpaired) electrons. The molecule has 2 rings (SSSR count). The number of rotatable bonds is 7. The number of hydrogen-bond acceptors (Lipinski definition) is 5. The molecule has 0 spiro atoms. The average Bonchev–Trinajstić information content (AvgIpc) is 2.61. The van der Waals surface area contributed by atoms with Crippen LogP contribution in [-0.2, 0) is 4.74 Å². The van der Waals surface area contributed by atoms with Crippen LogP contribution in [-0.4, -0.2) is 30.0 Å². The zero-order chi connectivity index (χ0) is 20.0. The van der Waals surface area contributed by atoms with Crippen molar-refractivity contribution in [2.45, 2.75) is 33.3 Å². The van der Waals surface area contributed by atoms with Crippen molar-refractivity contribution in [1.82, 2.24) is 0 Å². The zero-order valence-corrected chi connectivity index (χ0v) is 16.2. The maximum absolute atomic E-state index is 12.5. The fourth-order valence-corrected chi connectivity index (χ4v) is 2.86. The van der Waals surface area contributed by atoms with Crippen molar-refractivity contribution in [3.8, 4) is 11.5 Å². The molecule has 1 amide bonds. The molecule has 0 aliphatic carbocycles. The summed E-state index contributed by atoms with van der Waals surface area (Å²) in [5, 5.41) is 22.2. The highest BCUT2D eigenvalue weighted by Gasteiger charge is 2.34. The van der Waals surface area contributed by atoms with Crippen molar-refractivity contribution in [1.29, 1.82) is 0 Å². The van der Waals surface area contributed by atoms with Crippen LogP contribution >= 0.6 is 0 Å². The summed E-state index contributed by atoms with van der Waals surface area (Å²) in [7, 11) is 1.47. The molecule has 6 heteroatoms. The quantitative estimate of drug-likeness (QED) is 0.669. The van der Waals surface area contributed by atoms with Gasteiger partial charge in [-0.2, -0.15) is 0 Å². The first kappa shape index (κ1) is 20.6. The van der Waals surface area contributed by atoms with Crippen LogP contribution in [0.2, 0.25) is 0 Å². The van der Waals surface area contributed by atoms with Gasteiger partial charge in [0.25, 0.3) is 0 Å². The number of amides is 1. The van der Waals surface area contributed by atoms with E-state index in [1.54, 1.807) is 24.3 Å². The second-order valence-electron chi connectivity index (χ2n) is 7.17. The van der Waals surface area contributed by atoms with E-state index in [-0.39, 0.29) is 12.4 Å². The third kappa shape index (κ3) is 5.37. The van der Waals surface area contributed by atoms with E-state index in [2.05, 4.69) is 5.32 Å². The van der Waals surface area contributed by atoms with Crippen LogP contribution in [0.1, 0.15) is 37.5 Å². The number of carbonyl (C=O) groups is 1. The summed E-state index contributed by atoms with van der Waals surface area (Å²) in [6, 6.07) is 12.2. The van der Waals surface area contributed by atoms with E-state index >= 15 is 0 Å². The Labute approximate surface area is 159 Å². The second-order valence-corrected chi connectivity index (χ2v) is 7.17. The first-order valence-electron chi connectivity index (χ1n) is 8.79. The van der Waals surface area contributed by atoms with Gasteiger partial charge < -0.3 is 19.7 Å². The first-order valence-corrected chi connectivity index (χ1v) is 8.79. The third-order valence-electron chi connectivity index (χ3n) is 4.49. The molecule has 0 aliphatic rings. The van der Waals surface area contributed by atoms with E-state index in [0.29, 0.717) is 23.4 Å². The van der Waals surface area contributed by atoms with Gasteiger partial charge in [0, 0.05) is 17.7 Å². The largest absolute Gasteiger partial charge is 0.504 e. The van der Waals surface area contributed by atoms with Gasteiger partial charge in [-0.3, -0.25) is 5.32 Å². The Hall–Kier alpha value is -2.73. The number of aromatic hydroxyl groups is 1. The molecule has 0 unspecified atom stereocenters. The van der Waals surface area contributed by atoms with Gasteiger partial charge in [0.15, 0.2) is 11.5 Å². The van der Waals surface area contributed by atoms with E-state index in [1.165, 1.54) is 13.2 Å². The van der Waals surface area contributed by atoms with Gasteiger partial charge in [-0.25, -0.2) is 4.79 Å². The third-order valence-corrected chi connectivity index (χ3v) is 4.49. The van der Waals surface area contributed by atoms with E-state index in [9.17, 15) is 15.0 Å². The molecule has 0 bridgehead atoms. The van der Waals surface area contributed by atoms with Crippen LogP contribution in [0.5, 0.6) is 11.5 Å². The summed E-state index contributed by atoms with van der Waals surface area (Å²) in [6.45, 7) is 5.71. The molecule has 2 aromatic carbocycles. The minimum Gasteiger partial charge on any atom is -0.504 e. The summed E-state index contributed by atoms with van der Waals surface area (Å²) >= 11 is 0. The fourth-order valence-electron chi connectivity index (χ4n) is 2.86. The maximum Gasteiger partial charge on any atom is 0.412 e. The summed E-state index contributed by atoms with van der Waals surface area (Å²) < 4.78 is 10.8. The molecule has 146 valence electrons. The molecular weight excluding hydrogens is 346 g/mol. The summed E-state index contributed by atoms with van der Waals surface area (Å²) in [6.07, 6.45) is -0.862. The van der Waals surface area contributed by atoms with Crippen molar-refractivity contribution in [3.05, 3.63) is 53.6 Å². The van der Waals surface area contributed by atoms with Gasteiger partial charge >= 0.3 is 6.09 Å². The normalized spacial score (nSPS) is 12.3. The number of carbonyl (C=O) groups excluding carboxylic acids is 1. The molecule has 0 saturated heterocycles. The summed E-state index contributed by atoms with van der Waals surface area (Å²) in [5.74, 6) is 0.295. The minimum absolute atomic E-state index is 0.0395. The van der Waals surface area contributed by atoms with Crippen LogP contribution in [0.3, 0.4) is 0 Å². The molecular formula is C21H27NO5. The first-order chi connectivity index (χ1) is 12.8. The predicted molar refractivity (Wildman–Crippen MR) is 104 cm³/mol. The number of aryl methyl sites for hydroxylation is 1. The Morgan fingerprint density at radius 2 is 1.85 bits per heavy atom. The Morgan fingerprint density at radius 1 is 1.19 bits per heavy atom. The maximum atomic E-state index is 12.5. The molecule has 0 saturated carbocycles. The lowest BCUT2D eigenvalue weighted by Crippen LogP contribution is -2.29. The van der Waals surface area contributed by atoms with Crippen LogP contribution < -0.4 is 10.1 Å². The molecule has 2 aromatic rings. The Bertz CT molecular complexity index is 771. The molecule has 0 aliphatic heterocycles. The molecule has 0 fully saturated rings. The number of phenolic OH excluding ortho intramolecular Hbond substituents is 1. The van der Waals surface area contributed by atoms with Gasteiger partial charge in [0.2, 0.25) is 0 Å². The standard InChI is InChI=1S/C21H27NO5/c1-14-5-8-16(9-6-14)22-20(25)27-19(21(2,3)11-12-23)15-7-10-18(26-4)17(24)13-15/h5-10,13,19,23-24H,11-12H2,1-4H3,(H,22,25)/t19-/m0/s1. The minimum atomic E-state index is -0.674. The fraction of sp³-hybridized carbons (Fsp3) is 0.381. The molecule has 0 heterocycles. The molecule has 6 nitrogen and oxygen atoms in total. The molecule has 1 atom stereocenters. The lowest BCUT2D eigenvalue weighted by Gasteiger charge is -2.34. The number of methoxy groups -OCH3 is 1. The van der Waals surface area contributed by atoms with E-state index < -0.39 is 17.6 Å². The van der Waals surface area contributed by atoms with Crippen LogP contribution in [0.25, 0.3) is 0 Å². The molecule has 0 aromatic heterocycles. The predicted octanol–water partition coefficient (Wildman–Crippen LogP) is 4.41. The van der Waals surface area contributed by atoms with Crippen LogP contribution in [0.15, 0.2) is 42.5 Å². The molecule has 3 N–H and O–H groups in total. The highest BCUT2D eigenvalue weighted by molar-refractivity contribution is 5.84. The zero-order valence-electron chi connectivity index (χ0n) is 16.2. The number of aliphatic hydroxyl groups is 1. The Kier molecular flexibility index (Phi) is 6.69. The number of hydrogen-bond donors (Lipinski definition) is 3. The van der Waals surface area contributed by atoms with Crippen LogP contribution in [0, 0.1) is 12.3 Å². The number of nitrogens with one attached hydrogen (secondary N) is 1. The van der Waals surface area contributed by atoms with Crippen molar-refractivity contribution in [2.24, 2.45) is 5.41 Å². The number of anilines is 1. The lowest BCUT2D eigenvalue weighted by molar-refractivity contribution is 0.0151. The van der Waals surface area contributed by atoms with Gasteiger partial charge in [0.05, 0.1) is 7.11 Å². The highest BCUT2D eigenvalue weighted by atomic mass is 16.6. The monoisotopic (exact) mass is 373 g/mol. The van der Waals surface area contributed by atoms with Crippen LogP contribution in [0.4, 0.5) is 10.5 Å². The second kappa shape index (κ2) is 8.77. The van der Waals surface area contributed by atoms with Crippen molar-refractivity contribution < 1.29 is 24.5 Å². The Morgan fingerprint density at radius 3 is 2.41 bits per heavy atom. The summed E-state index contributed by atoms with van der Waals surface area (Å²) in [4.78, 5) is 12.5. The van der Waals surface area contributed by atoms with E-state index in [4.69, 9.17) is 9.47 Å². The lowest BCUT2D eigenvalue weighted by atomic mass is 9.80. The summed E-state index contributed by atoms with van der Waals surface area (Å²) in [5.41, 5.74) is 1.78. The SMILES string of the molecule is COc1ccc([C@H](OC(=O)Nc2ccc(C)cc2)C(C)(C)CCO)cc1O. The van der Waals surface area contributed by atoms with E-state index in [0.717, 1.165) is 5.56 Å². The topological polar surface area (TPSA) is 88.0 Å². The van der Waals surface area contributed by atoms with Crippen molar-refractivity contribution in [3.63, 3.8) is 0 Å². The van der Waals surface area contributed by atoms with Gasteiger partial charge in [0.1, 0.15) is 6.10 Å². The average molecular weight is 373 g/mol. The van der Waals surface area contributed by atoms with E-state index in [1.807, 2.05) is 32.9 Å². The van der Waals surface area contributed by atoms with Crippen molar-refractivity contribution >= 4 is 11.8 Å². The number of benzene rings is 2. The number of aliphatic hydroxyl groups excluding tert-OH is 1. The van der Waals surface area contributed by atoms with Gasteiger partial charge in [-0.15, -0.1) is 0 Å². The van der Waals surface area contributed by atoms with Crippen molar-refractivity contribution in [2.75, 3.05) is 19.0 Å². The molecule has 27 heavy (non-hydrogen) atoms. The van der Waals surface area contributed by atoms with Gasteiger partial charge in [-0.1, -0.05) is 37.6 Å². The highest BCUT2D eigenvalue weighted by Crippen LogP contribution is 2.41.